The average Bonchev–Trinajstić information content (AvgIpc) is 2.92. The van der Waals surface area contributed by atoms with E-state index in [0.717, 1.165) is 16.9 Å². The quantitative estimate of drug-likeness (QED) is 0.507. The van der Waals surface area contributed by atoms with E-state index in [9.17, 15) is 4.79 Å². The van der Waals surface area contributed by atoms with Gasteiger partial charge in [-0.2, -0.15) is 0 Å². The molecule has 0 N–H and O–H groups in total. The van der Waals surface area contributed by atoms with E-state index >= 15 is 0 Å². The molecule has 4 nitrogen and oxygen atoms in total. The van der Waals surface area contributed by atoms with Gasteiger partial charge in [0.05, 0.1) is 5.56 Å². The number of furan rings is 1. The number of rotatable bonds is 8. The van der Waals surface area contributed by atoms with Crippen LogP contribution in [0.2, 0.25) is 0 Å². The van der Waals surface area contributed by atoms with Crippen molar-refractivity contribution in [1.82, 2.24) is 0 Å². The van der Waals surface area contributed by atoms with E-state index in [2.05, 4.69) is 13.8 Å². The molecule has 24 heavy (non-hydrogen) atoms. The van der Waals surface area contributed by atoms with Crippen molar-refractivity contribution in [3.8, 4) is 11.3 Å². The van der Waals surface area contributed by atoms with Gasteiger partial charge in [0, 0.05) is 30.3 Å². The Balaban J connectivity index is 2.56. The van der Waals surface area contributed by atoms with E-state index in [1.54, 1.807) is 0 Å². The van der Waals surface area contributed by atoms with Gasteiger partial charge in [-0.3, -0.25) is 4.79 Å². The fraction of sp³-hybridized carbons (Fsp3) is 0.450. The maximum Gasteiger partial charge on any atom is 0.222 e. The molecule has 0 spiro atoms. The molecule has 0 aliphatic heterocycles. The molecular formula is C20H26O4. The van der Waals surface area contributed by atoms with Gasteiger partial charge in [0.2, 0.25) is 12.1 Å². The van der Waals surface area contributed by atoms with Crippen LogP contribution in [0.4, 0.5) is 0 Å². The Hall–Kier alpha value is -1.91. The van der Waals surface area contributed by atoms with Gasteiger partial charge in [-0.1, -0.05) is 44.2 Å². The predicted octanol–water partition coefficient (Wildman–Crippen LogP) is 4.96. The first-order valence-electron chi connectivity index (χ1n) is 8.47. The maximum atomic E-state index is 13.1. The van der Waals surface area contributed by atoms with Crippen LogP contribution in [-0.2, 0) is 9.47 Å². The molecule has 130 valence electrons. The highest BCUT2D eigenvalue weighted by atomic mass is 16.7. The Morgan fingerprint density at radius 1 is 1.08 bits per heavy atom. The SMILES string of the molecule is CCOC(OCC)C(=O)c1c(-c2ccccc2)oc(C(C)C)c1C. The monoisotopic (exact) mass is 330 g/mol. The zero-order valence-corrected chi connectivity index (χ0v) is 15.1. The minimum Gasteiger partial charge on any atom is -0.460 e. The van der Waals surface area contributed by atoms with Gasteiger partial charge < -0.3 is 13.9 Å². The molecule has 0 saturated heterocycles. The summed E-state index contributed by atoms with van der Waals surface area (Å²) >= 11 is 0. The van der Waals surface area contributed by atoms with Crippen LogP contribution >= 0.6 is 0 Å². The van der Waals surface area contributed by atoms with Crippen molar-refractivity contribution in [3.63, 3.8) is 0 Å². The van der Waals surface area contributed by atoms with Gasteiger partial charge in [0.15, 0.2) is 0 Å². The summed E-state index contributed by atoms with van der Waals surface area (Å²) in [6.07, 6.45) is -0.904. The zero-order chi connectivity index (χ0) is 17.7. The third-order valence-corrected chi connectivity index (χ3v) is 3.84. The highest BCUT2D eigenvalue weighted by Gasteiger charge is 2.30. The van der Waals surface area contributed by atoms with Crippen LogP contribution < -0.4 is 0 Å². The predicted molar refractivity (Wildman–Crippen MR) is 94.3 cm³/mol. The molecule has 0 fully saturated rings. The molecule has 1 aromatic carbocycles. The largest absolute Gasteiger partial charge is 0.460 e. The molecule has 2 rings (SSSR count). The fourth-order valence-corrected chi connectivity index (χ4v) is 2.79. The van der Waals surface area contributed by atoms with Gasteiger partial charge in [0.1, 0.15) is 11.5 Å². The second kappa shape index (κ2) is 8.27. The maximum absolute atomic E-state index is 13.1. The topological polar surface area (TPSA) is 48.7 Å². The van der Waals surface area contributed by atoms with Crippen LogP contribution in [0, 0.1) is 6.92 Å². The molecular weight excluding hydrogens is 304 g/mol. The Labute approximate surface area is 143 Å². The van der Waals surface area contributed by atoms with Crippen molar-refractivity contribution in [1.29, 1.82) is 0 Å². The van der Waals surface area contributed by atoms with Gasteiger partial charge >= 0.3 is 0 Å². The van der Waals surface area contributed by atoms with E-state index in [-0.39, 0.29) is 11.7 Å². The summed E-state index contributed by atoms with van der Waals surface area (Å²) in [7, 11) is 0. The molecule has 0 atom stereocenters. The fourth-order valence-electron chi connectivity index (χ4n) is 2.79. The lowest BCUT2D eigenvalue weighted by Gasteiger charge is -2.16. The summed E-state index contributed by atoms with van der Waals surface area (Å²) in [5, 5.41) is 0. The summed E-state index contributed by atoms with van der Waals surface area (Å²) in [5.74, 6) is 1.41. The first-order valence-corrected chi connectivity index (χ1v) is 8.47. The van der Waals surface area contributed by atoms with Gasteiger partial charge in [-0.15, -0.1) is 0 Å². The highest BCUT2D eigenvalue weighted by molar-refractivity contribution is 6.05. The molecule has 0 aliphatic carbocycles. The van der Waals surface area contributed by atoms with Crippen LogP contribution in [0.5, 0.6) is 0 Å². The van der Waals surface area contributed by atoms with Crippen molar-refractivity contribution in [2.45, 2.75) is 46.8 Å². The molecule has 0 amide bonds. The molecule has 0 aliphatic rings. The lowest BCUT2D eigenvalue weighted by molar-refractivity contribution is -0.107. The highest BCUT2D eigenvalue weighted by Crippen LogP contribution is 2.35. The molecule has 0 unspecified atom stereocenters. The number of hydrogen-bond acceptors (Lipinski definition) is 4. The van der Waals surface area contributed by atoms with Crippen molar-refractivity contribution >= 4 is 5.78 Å². The van der Waals surface area contributed by atoms with Crippen LogP contribution in [0.25, 0.3) is 11.3 Å². The Morgan fingerprint density at radius 2 is 1.67 bits per heavy atom. The number of ketones is 1. The zero-order valence-electron chi connectivity index (χ0n) is 15.1. The molecule has 0 radical (unpaired) electrons. The average molecular weight is 330 g/mol. The second-order valence-electron chi connectivity index (χ2n) is 5.92. The first-order chi connectivity index (χ1) is 11.5. The van der Waals surface area contributed by atoms with Crippen LogP contribution in [0.15, 0.2) is 34.7 Å². The Bertz CT molecular complexity index is 664. The molecule has 4 heteroatoms. The standard InChI is InChI=1S/C20H26O4/c1-6-22-20(23-7-2)17(21)16-14(5)18(13(3)4)24-19(16)15-11-9-8-10-12-15/h8-13,20H,6-7H2,1-5H3. The van der Waals surface area contributed by atoms with Crippen molar-refractivity contribution in [2.75, 3.05) is 13.2 Å². The first kappa shape index (κ1) is 18.4. The summed E-state index contributed by atoms with van der Waals surface area (Å²) < 4.78 is 17.1. The van der Waals surface area contributed by atoms with Crippen LogP contribution in [0.1, 0.15) is 55.3 Å². The summed E-state index contributed by atoms with van der Waals surface area (Å²) in [5.41, 5.74) is 2.29. The number of hydrogen-bond donors (Lipinski definition) is 0. The summed E-state index contributed by atoms with van der Waals surface area (Å²) in [4.78, 5) is 13.1. The van der Waals surface area contributed by atoms with E-state index < -0.39 is 6.29 Å². The smallest absolute Gasteiger partial charge is 0.222 e. The lowest BCUT2D eigenvalue weighted by atomic mass is 9.98. The Morgan fingerprint density at radius 3 is 2.17 bits per heavy atom. The number of ether oxygens (including phenoxy) is 2. The van der Waals surface area contributed by atoms with Crippen molar-refractivity contribution < 1.29 is 18.7 Å². The summed E-state index contributed by atoms with van der Waals surface area (Å²) in [6, 6.07) is 9.68. The van der Waals surface area contributed by atoms with Crippen molar-refractivity contribution in [3.05, 3.63) is 47.2 Å². The van der Waals surface area contributed by atoms with Gasteiger partial charge in [-0.25, -0.2) is 0 Å². The third-order valence-electron chi connectivity index (χ3n) is 3.84. The minimum atomic E-state index is -0.904. The van der Waals surface area contributed by atoms with Gasteiger partial charge in [-0.05, 0) is 20.8 Å². The number of carbonyl (C=O) groups is 1. The second-order valence-corrected chi connectivity index (χ2v) is 5.92. The van der Waals surface area contributed by atoms with Crippen molar-refractivity contribution in [2.24, 2.45) is 0 Å². The summed E-state index contributed by atoms with van der Waals surface area (Å²) in [6.45, 7) is 10.5. The molecule has 1 aromatic heterocycles. The number of benzene rings is 1. The normalized spacial score (nSPS) is 11.5. The van der Waals surface area contributed by atoms with E-state index in [0.29, 0.717) is 24.5 Å². The number of carbonyl (C=O) groups excluding carboxylic acids is 1. The van der Waals surface area contributed by atoms with Gasteiger partial charge in [0.25, 0.3) is 0 Å². The molecule has 0 saturated carbocycles. The molecule has 0 bridgehead atoms. The van der Waals surface area contributed by atoms with Crippen LogP contribution in [-0.4, -0.2) is 25.3 Å². The van der Waals surface area contributed by atoms with E-state index in [1.165, 1.54) is 0 Å². The van der Waals surface area contributed by atoms with E-state index in [1.807, 2.05) is 51.1 Å². The third kappa shape index (κ3) is 3.77. The lowest BCUT2D eigenvalue weighted by Crippen LogP contribution is -2.28. The molecule has 1 heterocycles. The minimum absolute atomic E-state index is 0.187. The number of Topliss-reactive ketones (excluding diaryl/α,β-unsaturated/α-hetero) is 1. The van der Waals surface area contributed by atoms with E-state index in [4.69, 9.17) is 13.9 Å². The van der Waals surface area contributed by atoms with Crippen LogP contribution in [0.3, 0.4) is 0 Å². The molecule has 2 aromatic rings. The Kier molecular flexibility index (Phi) is 6.35.